The van der Waals surface area contributed by atoms with Crippen molar-refractivity contribution in [1.29, 1.82) is 0 Å². The van der Waals surface area contributed by atoms with E-state index in [1.807, 2.05) is 97.1 Å². The van der Waals surface area contributed by atoms with Gasteiger partial charge in [0.15, 0.2) is 17.5 Å². The first-order valence-electron chi connectivity index (χ1n) is 15.2. The van der Waals surface area contributed by atoms with Gasteiger partial charge in [0.25, 0.3) is 0 Å². The quantitative estimate of drug-likeness (QED) is 0.199. The van der Waals surface area contributed by atoms with Crippen molar-refractivity contribution in [3.8, 4) is 56.6 Å². The van der Waals surface area contributed by atoms with E-state index in [9.17, 15) is 0 Å². The van der Waals surface area contributed by atoms with Crippen molar-refractivity contribution >= 4 is 32.9 Å². The van der Waals surface area contributed by atoms with E-state index in [2.05, 4.69) is 54.6 Å². The Morgan fingerprint density at radius 3 is 1.72 bits per heavy atom. The summed E-state index contributed by atoms with van der Waals surface area (Å²) in [7, 11) is 0. The summed E-state index contributed by atoms with van der Waals surface area (Å²) in [5.41, 5.74) is 8.39. The topological polar surface area (TPSA) is 65.0 Å². The normalized spacial score (nSPS) is 11.5. The molecule has 9 rings (SSSR count). The smallest absolute Gasteiger partial charge is 0.164 e. The highest BCUT2D eigenvalue weighted by Gasteiger charge is 2.16. The highest BCUT2D eigenvalue weighted by atomic mass is 16.3. The lowest BCUT2D eigenvalue weighted by molar-refractivity contribution is 0.631. The molecule has 0 amide bonds. The number of hydrogen-bond donors (Lipinski definition) is 0. The average molecular weight is 592 g/mol. The number of rotatable bonds is 5. The Labute approximate surface area is 264 Å². The third-order valence-corrected chi connectivity index (χ3v) is 8.35. The van der Waals surface area contributed by atoms with E-state index >= 15 is 0 Å². The molecule has 3 aromatic heterocycles. The Morgan fingerprint density at radius 2 is 0.913 bits per heavy atom. The molecule has 0 radical (unpaired) electrons. The van der Waals surface area contributed by atoms with Gasteiger partial charge in [-0.1, -0.05) is 115 Å². The Hall–Kier alpha value is -6.33. The van der Waals surface area contributed by atoms with Gasteiger partial charge in [-0.05, 0) is 47.5 Å². The Kier molecular flexibility index (Phi) is 6.06. The molecule has 5 nitrogen and oxygen atoms in total. The standard InChI is InChI=1S/C41H25N3O2/c1-2-9-26(10-3-1)29-12-8-13-31(23-29)40-42-39(28-19-17-27(18-20-28)37-24-30-11-4-6-15-35(30)45-37)43-41(44-40)32-21-22-34-33-14-5-7-16-36(33)46-38(34)25-32/h1-25H. The highest BCUT2D eigenvalue weighted by molar-refractivity contribution is 6.05. The number of furan rings is 2. The molecule has 0 saturated heterocycles. The van der Waals surface area contributed by atoms with Gasteiger partial charge in [-0.2, -0.15) is 0 Å². The van der Waals surface area contributed by atoms with Crippen LogP contribution in [0.15, 0.2) is 160 Å². The van der Waals surface area contributed by atoms with Crippen LogP contribution in [0.2, 0.25) is 0 Å². The van der Waals surface area contributed by atoms with Crippen LogP contribution in [0.25, 0.3) is 89.5 Å². The van der Waals surface area contributed by atoms with E-state index in [-0.39, 0.29) is 0 Å². The first kappa shape index (κ1) is 26.1. The Bertz CT molecular complexity index is 2500. The van der Waals surface area contributed by atoms with Gasteiger partial charge in [-0.3, -0.25) is 0 Å². The SMILES string of the molecule is c1ccc(-c2cccc(-c3nc(-c4ccc(-c5cc6ccccc6o5)cc4)nc(-c4ccc5c(c4)oc4ccccc45)n3)c2)cc1. The molecule has 216 valence electrons. The molecule has 0 fully saturated rings. The van der Waals surface area contributed by atoms with E-state index in [0.717, 1.165) is 72.0 Å². The predicted octanol–water partition coefficient (Wildman–Crippen LogP) is 10.9. The van der Waals surface area contributed by atoms with Crippen molar-refractivity contribution in [2.24, 2.45) is 0 Å². The molecule has 0 N–H and O–H groups in total. The van der Waals surface area contributed by atoms with Gasteiger partial charge in [0.2, 0.25) is 0 Å². The van der Waals surface area contributed by atoms with Gasteiger partial charge in [0.05, 0.1) is 0 Å². The van der Waals surface area contributed by atoms with Crippen molar-refractivity contribution in [1.82, 2.24) is 15.0 Å². The monoisotopic (exact) mass is 591 g/mol. The average Bonchev–Trinajstić information content (AvgIpc) is 3.73. The zero-order valence-electron chi connectivity index (χ0n) is 24.6. The van der Waals surface area contributed by atoms with Crippen molar-refractivity contribution in [2.45, 2.75) is 0 Å². The van der Waals surface area contributed by atoms with Crippen LogP contribution in [0.1, 0.15) is 0 Å². The summed E-state index contributed by atoms with van der Waals surface area (Å²) < 4.78 is 12.3. The minimum atomic E-state index is 0.578. The first-order valence-corrected chi connectivity index (χ1v) is 15.2. The molecule has 3 heterocycles. The number of para-hydroxylation sites is 2. The van der Waals surface area contributed by atoms with Crippen LogP contribution in [-0.2, 0) is 0 Å². The van der Waals surface area contributed by atoms with E-state index in [4.69, 9.17) is 23.8 Å². The van der Waals surface area contributed by atoms with Crippen molar-refractivity contribution in [3.05, 3.63) is 152 Å². The van der Waals surface area contributed by atoms with Gasteiger partial charge in [-0.15, -0.1) is 0 Å². The third kappa shape index (κ3) is 4.62. The second kappa shape index (κ2) is 10.7. The fourth-order valence-electron chi connectivity index (χ4n) is 6.00. The highest BCUT2D eigenvalue weighted by Crippen LogP contribution is 2.34. The largest absolute Gasteiger partial charge is 0.456 e. The van der Waals surface area contributed by atoms with Crippen LogP contribution in [0.3, 0.4) is 0 Å². The predicted molar refractivity (Wildman–Crippen MR) is 184 cm³/mol. The maximum absolute atomic E-state index is 6.21. The van der Waals surface area contributed by atoms with Crippen molar-refractivity contribution < 1.29 is 8.83 Å². The minimum absolute atomic E-state index is 0.578. The maximum atomic E-state index is 6.21. The van der Waals surface area contributed by atoms with Crippen LogP contribution < -0.4 is 0 Å². The summed E-state index contributed by atoms with van der Waals surface area (Å²) in [5.74, 6) is 2.59. The van der Waals surface area contributed by atoms with E-state index in [0.29, 0.717) is 17.5 Å². The number of benzene rings is 6. The fraction of sp³-hybridized carbons (Fsp3) is 0. The summed E-state index contributed by atoms with van der Waals surface area (Å²) in [6.07, 6.45) is 0. The molecule has 0 aliphatic rings. The van der Waals surface area contributed by atoms with Gasteiger partial charge in [-0.25, -0.2) is 15.0 Å². The van der Waals surface area contributed by atoms with Crippen LogP contribution in [-0.4, -0.2) is 15.0 Å². The summed E-state index contributed by atoms with van der Waals surface area (Å²) in [6, 6.07) is 51.2. The van der Waals surface area contributed by atoms with E-state index < -0.39 is 0 Å². The Morgan fingerprint density at radius 1 is 0.326 bits per heavy atom. The minimum Gasteiger partial charge on any atom is -0.456 e. The molecular formula is C41H25N3O2. The number of fused-ring (bicyclic) bond motifs is 4. The van der Waals surface area contributed by atoms with Gasteiger partial charge < -0.3 is 8.83 Å². The molecule has 0 atom stereocenters. The number of hydrogen-bond acceptors (Lipinski definition) is 5. The van der Waals surface area contributed by atoms with Crippen LogP contribution >= 0.6 is 0 Å². The van der Waals surface area contributed by atoms with Crippen molar-refractivity contribution in [2.75, 3.05) is 0 Å². The first-order chi connectivity index (χ1) is 22.7. The van der Waals surface area contributed by atoms with Gasteiger partial charge >= 0.3 is 0 Å². The third-order valence-electron chi connectivity index (χ3n) is 8.35. The van der Waals surface area contributed by atoms with Crippen LogP contribution in [0.5, 0.6) is 0 Å². The van der Waals surface area contributed by atoms with E-state index in [1.165, 1.54) is 0 Å². The van der Waals surface area contributed by atoms with Crippen LogP contribution in [0.4, 0.5) is 0 Å². The summed E-state index contributed by atoms with van der Waals surface area (Å²) in [5, 5.41) is 3.22. The summed E-state index contributed by atoms with van der Waals surface area (Å²) in [4.78, 5) is 15.0. The lowest BCUT2D eigenvalue weighted by Gasteiger charge is -2.10. The molecule has 0 aliphatic carbocycles. The Balaban J connectivity index is 1.17. The molecule has 0 unspecified atom stereocenters. The molecule has 0 saturated carbocycles. The molecule has 0 aliphatic heterocycles. The molecule has 5 heteroatoms. The number of aromatic nitrogens is 3. The second-order valence-electron chi connectivity index (χ2n) is 11.3. The maximum Gasteiger partial charge on any atom is 0.164 e. The molecule has 46 heavy (non-hydrogen) atoms. The van der Waals surface area contributed by atoms with Crippen LogP contribution in [0, 0.1) is 0 Å². The molecule has 9 aromatic rings. The second-order valence-corrected chi connectivity index (χ2v) is 11.3. The summed E-state index contributed by atoms with van der Waals surface area (Å²) >= 11 is 0. The number of nitrogens with zero attached hydrogens (tertiary/aromatic N) is 3. The molecule has 0 bridgehead atoms. The summed E-state index contributed by atoms with van der Waals surface area (Å²) in [6.45, 7) is 0. The van der Waals surface area contributed by atoms with E-state index in [1.54, 1.807) is 0 Å². The lowest BCUT2D eigenvalue weighted by Crippen LogP contribution is -2.00. The molecule has 0 spiro atoms. The zero-order chi connectivity index (χ0) is 30.5. The van der Waals surface area contributed by atoms with Crippen molar-refractivity contribution in [3.63, 3.8) is 0 Å². The fourth-order valence-corrected chi connectivity index (χ4v) is 6.00. The zero-order valence-corrected chi connectivity index (χ0v) is 24.6. The van der Waals surface area contributed by atoms with Gasteiger partial charge in [0, 0.05) is 38.4 Å². The molecular weight excluding hydrogens is 566 g/mol. The van der Waals surface area contributed by atoms with Gasteiger partial charge in [0.1, 0.15) is 22.5 Å². The molecule has 6 aromatic carbocycles. The lowest BCUT2D eigenvalue weighted by atomic mass is 10.0.